The van der Waals surface area contributed by atoms with Crippen molar-refractivity contribution in [1.29, 1.82) is 0 Å². The lowest BCUT2D eigenvalue weighted by atomic mass is 9.89. The maximum absolute atomic E-state index is 12.3. The Labute approximate surface area is 175 Å². The van der Waals surface area contributed by atoms with Crippen molar-refractivity contribution in [3.63, 3.8) is 0 Å². The van der Waals surface area contributed by atoms with Crippen LogP contribution in [0.5, 0.6) is 0 Å². The van der Waals surface area contributed by atoms with E-state index in [1.54, 1.807) is 24.3 Å². The lowest BCUT2D eigenvalue weighted by Crippen LogP contribution is -2.45. The van der Waals surface area contributed by atoms with Gasteiger partial charge < -0.3 is 15.2 Å². The highest BCUT2D eigenvalue weighted by molar-refractivity contribution is 5.97. The third kappa shape index (κ3) is 5.52. The van der Waals surface area contributed by atoms with Crippen LogP contribution in [0.4, 0.5) is 5.69 Å². The minimum absolute atomic E-state index is 0.0592. The van der Waals surface area contributed by atoms with Gasteiger partial charge in [-0.2, -0.15) is 4.98 Å². The molecule has 1 aromatic heterocycles. The summed E-state index contributed by atoms with van der Waals surface area (Å²) < 4.78 is 5.38. The van der Waals surface area contributed by atoms with Gasteiger partial charge in [-0.25, -0.2) is 0 Å². The van der Waals surface area contributed by atoms with E-state index in [0.717, 1.165) is 38.5 Å². The van der Waals surface area contributed by atoms with Crippen LogP contribution in [0.3, 0.4) is 0 Å². The van der Waals surface area contributed by atoms with Crippen molar-refractivity contribution in [3.8, 4) is 0 Å². The molecule has 1 aliphatic rings. The second-order valence-electron chi connectivity index (χ2n) is 7.87. The van der Waals surface area contributed by atoms with Crippen LogP contribution < -0.4 is 10.6 Å². The van der Waals surface area contributed by atoms with Gasteiger partial charge in [-0.1, -0.05) is 43.0 Å². The Balaban J connectivity index is 1.63. The lowest BCUT2D eigenvalue weighted by Gasteiger charge is -2.30. The van der Waals surface area contributed by atoms with Crippen LogP contribution in [-0.4, -0.2) is 27.7 Å². The molecule has 3 rings (SSSR count). The first-order valence-corrected chi connectivity index (χ1v) is 10.4. The molecule has 1 fully saturated rings. The lowest BCUT2D eigenvalue weighted by molar-refractivity contribution is -0.121. The van der Waals surface area contributed by atoms with Crippen LogP contribution >= 0.6 is 0 Å². The van der Waals surface area contributed by atoms with Crippen molar-refractivity contribution >= 4 is 23.3 Å². The molecule has 0 aliphatic heterocycles. The predicted octanol–water partition coefficient (Wildman–Crippen LogP) is 3.53. The van der Waals surface area contributed by atoms with Crippen LogP contribution in [0.1, 0.15) is 80.9 Å². The topological polar surface area (TPSA) is 114 Å². The molecule has 1 heterocycles. The minimum atomic E-state index is -0.598. The molecule has 0 atom stereocenters. The monoisotopic (exact) mass is 412 g/mol. The predicted molar refractivity (Wildman–Crippen MR) is 111 cm³/mol. The molecule has 2 N–H and O–H groups in total. The highest BCUT2D eigenvalue weighted by Crippen LogP contribution is 2.34. The zero-order valence-corrected chi connectivity index (χ0v) is 17.5. The first-order chi connectivity index (χ1) is 14.4. The molecule has 1 saturated carbocycles. The summed E-state index contributed by atoms with van der Waals surface area (Å²) in [6, 6.07) is 6.81. The third-order valence-electron chi connectivity index (χ3n) is 5.39. The number of carbonyl (C=O) groups is 3. The number of aromatic nitrogens is 2. The minimum Gasteiger partial charge on any atom is -0.343 e. The van der Waals surface area contributed by atoms with Gasteiger partial charge in [-0.15, -0.1) is 0 Å². The van der Waals surface area contributed by atoms with Gasteiger partial charge in [-0.3, -0.25) is 14.4 Å². The number of carbonyl (C=O) groups excluding carboxylic acids is 3. The number of anilines is 1. The summed E-state index contributed by atoms with van der Waals surface area (Å²) in [5, 5.41) is 9.96. The van der Waals surface area contributed by atoms with E-state index in [2.05, 4.69) is 20.8 Å². The Hall–Kier alpha value is -3.03. The molecule has 1 aliphatic carbocycles. The number of Topliss-reactive ketones (excluding diaryl/α,β-unsaturated/α-hetero) is 1. The fourth-order valence-electron chi connectivity index (χ4n) is 3.88. The van der Waals surface area contributed by atoms with Crippen molar-refractivity contribution in [2.45, 2.75) is 70.8 Å². The number of hydrogen-bond donors (Lipinski definition) is 2. The van der Waals surface area contributed by atoms with Gasteiger partial charge in [0.2, 0.25) is 17.7 Å². The van der Waals surface area contributed by atoms with Crippen molar-refractivity contribution in [3.05, 3.63) is 41.5 Å². The van der Waals surface area contributed by atoms with E-state index in [-0.39, 0.29) is 24.0 Å². The molecule has 0 radical (unpaired) electrons. The summed E-state index contributed by atoms with van der Waals surface area (Å²) in [7, 11) is 0. The zero-order valence-electron chi connectivity index (χ0n) is 17.5. The molecule has 0 unspecified atom stereocenters. The summed E-state index contributed by atoms with van der Waals surface area (Å²) >= 11 is 0. The zero-order chi connectivity index (χ0) is 21.6. The third-order valence-corrected chi connectivity index (χ3v) is 5.39. The Bertz CT molecular complexity index is 913. The quantitative estimate of drug-likeness (QED) is 0.531. The maximum Gasteiger partial charge on any atom is 0.227 e. The molecule has 0 spiro atoms. The van der Waals surface area contributed by atoms with E-state index in [4.69, 9.17) is 4.52 Å². The Morgan fingerprint density at radius 2 is 1.83 bits per heavy atom. The van der Waals surface area contributed by atoms with Crippen LogP contribution in [-0.2, 0) is 21.5 Å². The molecule has 8 heteroatoms. The summed E-state index contributed by atoms with van der Waals surface area (Å²) in [5.74, 6) is 0.476. The van der Waals surface area contributed by atoms with Gasteiger partial charge >= 0.3 is 0 Å². The molecule has 0 saturated heterocycles. The highest BCUT2D eigenvalue weighted by Gasteiger charge is 2.38. The molecule has 0 bridgehead atoms. The molecule has 8 nitrogen and oxygen atoms in total. The van der Waals surface area contributed by atoms with E-state index >= 15 is 0 Å². The van der Waals surface area contributed by atoms with Crippen LogP contribution in [0, 0.1) is 0 Å². The Morgan fingerprint density at radius 1 is 1.10 bits per heavy atom. The molecule has 160 valence electrons. The Morgan fingerprint density at radius 3 is 2.50 bits per heavy atom. The number of nitrogens with zero attached hydrogens (tertiary/aromatic N) is 2. The fraction of sp³-hybridized carbons (Fsp3) is 0.500. The molecule has 2 aromatic rings. The second kappa shape index (κ2) is 9.65. The summed E-state index contributed by atoms with van der Waals surface area (Å²) in [5.41, 5.74) is 0.516. The van der Waals surface area contributed by atoms with Gasteiger partial charge in [-0.05, 0) is 31.9 Å². The first kappa shape index (κ1) is 21.7. The van der Waals surface area contributed by atoms with E-state index < -0.39 is 5.54 Å². The molecule has 2 amide bonds. The molecule has 1 aromatic carbocycles. The normalized spacial score (nSPS) is 15.8. The van der Waals surface area contributed by atoms with Gasteiger partial charge in [0, 0.05) is 31.0 Å². The molecular formula is C22H28N4O4. The van der Waals surface area contributed by atoms with Gasteiger partial charge in [0.05, 0.1) is 0 Å². The first-order valence-electron chi connectivity index (χ1n) is 10.4. The summed E-state index contributed by atoms with van der Waals surface area (Å²) in [6.45, 7) is 2.98. The van der Waals surface area contributed by atoms with Crippen LogP contribution in [0.2, 0.25) is 0 Å². The average molecular weight is 412 g/mol. The summed E-state index contributed by atoms with van der Waals surface area (Å²) in [4.78, 5) is 40.1. The van der Waals surface area contributed by atoms with Crippen molar-refractivity contribution < 1.29 is 18.9 Å². The second-order valence-corrected chi connectivity index (χ2v) is 7.87. The van der Waals surface area contributed by atoms with Crippen LogP contribution in [0.25, 0.3) is 0 Å². The molecular weight excluding hydrogens is 384 g/mol. The van der Waals surface area contributed by atoms with Gasteiger partial charge in [0.1, 0.15) is 5.54 Å². The standard InChI is InChI=1S/C22H28N4O4/c1-15(27)17-8-7-9-18(14-17)23-19(29)10-11-20-24-21(26-30-20)22(25-16(2)28)12-5-3-4-6-13-22/h7-9,14H,3-6,10-13H2,1-2H3,(H,23,29)(H,25,28). The van der Waals surface area contributed by atoms with Crippen molar-refractivity contribution in [2.24, 2.45) is 0 Å². The Kier molecular flexibility index (Phi) is 6.97. The van der Waals surface area contributed by atoms with Gasteiger partial charge in [0.15, 0.2) is 11.6 Å². The number of hydrogen-bond acceptors (Lipinski definition) is 6. The number of amides is 2. The number of rotatable bonds is 7. The van der Waals surface area contributed by atoms with Gasteiger partial charge in [0.25, 0.3) is 0 Å². The number of aryl methyl sites for hydroxylation is 1. The van der Waals surface area contributed by atoms with E-state index in [0.29, 0.717) is 29.4 Å². The fourth-order valence-corrected chi connectivity index (χ4v) is 3.88. The van der Waals surface area contributed by atoms with Crippen molar-refractivity contribution in [2.75, 3.05) is 5.32 Å². The summed E-state index contributed by atoms with van der Waals surface area (Å²) in [6.07, 6.45) is 6.24. The largest absolute Gasteiger partial charge is 0.343 e. The SMILES string of the molecule is CC(=O)NC1(c2noc(CCC(=O)Nc3cccc(C(C)=O)c3)n2)CCCCCC1. The number of ketones is 1. The van der Waals surface area contributed by atoms with Crippen LogP contribution in [0.15, 0.2) is 28.8 Å². The van der Waals surface area contributed by atoms with E-state index in [9.17, 15) is 14.4 Å². The smallest absolute Gasteiger partial charge is 0.227 e. The van der Waals surface area contributed by atoms with E-state index in [1.807, 2.05) is 0 Å². The average Bonchev–Trinajstić information content (AvgIpc) is 3.06. The molecule has 30 heavy (non-hydrogen) atoms. The number of nitrogens with one attached hydrogen (secondary N) is 2. The maximum atomic E-state index is 12.3. The number of benzene rings is 1. The van der Waals surface area contributed by atoms with Crippen molar-refractivity contribution in [1.82, 2.24) is 15.5 Å². The highest BCUT2D eigenvalue weighted by atomic mass is 16.5. The van der Waals surface area contributed by atoms with E-state index in [1.165, 1.54) is 13.8 Å².